The van der Waals surface area contributed by atoms with E-state index >= 15 is 0 Å². The molecule has 2 N–H and O–H groups in total. The fourth-order valence-corrected chi connectivity index (χ4v) is 1.97. The van der Waals surface area contributed by atoms with E-state index in [9.17, 15) is 14.0 Å². The predicted octanol–water partition coefficient (Wildman–Crippen LogP) is 0.941. The molecule has 1 aromatic carbocycles. The molecule has 0 aromatic heterocycles. The summed E-state index contributed by atoms with van der Waals surface area (Å²) in [6.45, 7) is 4.61. The number of nitrogens with one attached hydrogen (secondary N) is 2. The lowest BCUT2D eigenvalue weighted by Gasteiger charge is -2.17. The molecule has 1 rings (SSSR count). The smallest absolute Gasteiger partial charge is 0.234 e. The van der Waals surface area contributed by atoms with Crippen LogP contribution < -0.4 is 10.6 Å². The van der Waals surface area contributed by atoms with Crippen LogP contribution in [0.4, 0.5) is 4.39 Å². The Morgan fingerprint density at radius 3 is 2.32 bits per heavy atom. The quantitative estimate of drug-likeness (QED) is 0.751. The maximum Gasteiger partial charge on any atom is 0.234 e. The fraction of sp³-hybridized carbons (Fsp3) is 0.500. The third-order valence-electron chi connectivity index (χ3n) is 2.93. The molecule has 122 valence electrons. The average Bonchev–Trinajstić information content (AvgIpc) is 2.39. The number of nitrogens with zero attached hydrogens (tertiary/aromatic N) is 1. The summed E-state index contributed by atoms with van der Waals surface area (Å²) < 4.78 is 12.8. The van der Waals surface area contributed by atoms with Crippen molar-refractivity contribution in [2.75, 3.05) is 26.7 Å². The largest absolute Gasteiger partial charge is 0.355 e. The maximum atomic E-state index is 12.8. The van der Waals surface area contributed by atoms with Gasteiger partial charge in [-0.3, -0.25) is 14.5 Å². The van der Waals surface area contributed by atoms with E-state index in [1.165, 1.54) is 12.1 Å². The lowest BCUT2D eigenvalue weighted by molar-refractivity contribution is -0.124. The molecule has 0 heterocycles. The first kappa shape index (κ1) is 18.1. The van der Waals surface area contributed by atoms with E-state index in [0.29, 0.717) is 13.0 Å². The first-order chi connectivity index (χ1) is 10.4. The van der Waals surface area contributed by atoms with Gasteiger partial charge in [0, 0.05) is 12.6 Å². The van der Waals surface area contributed by atoms with Gasteiger partial charge in [-0.15, -0.1) is 0 Å². The molecule has 5 nitrogen and oxygen atoms in total. The molecule has 6 heteroatoms. The van der Waals surface area contributed by atoms with Crippen molar-refractivity contribution in [2.24, 2.45) is 0 Å². The molecule has 0 saturated heterocycles. The van der Waals surface area contributed by atoms with Crippen LogP contribution in [0.2, 0.25) is 0 Å². The Bertz CT molecular complexity index is 489. The minimum Gasteiger partial charge on any atom is -0.355 e. The van der Waals surface area contributed by atoms with Crippen molar-refractivity contribution in [2.45, 2.75) is 26.3 Å². The summed E-state index contributed by atoms with van der Waals surface area (Å²) in [6.07, 6.45) is 0.642. The lowest BCUT2D eigenvalue weighted by atomic mass is 10.1. The Balaban J connectivity index is 2.22. The van der Waals surface area contributed by atoms with Crippen LogP contribution in [0.1, 0.15) is 19.4 Å². The Labute approximate surface area is 130 Å². The topological polar surface area (TPSA) is 61.4 Å². The summed E-state index contributed by atoms with van der Waals surface area (Å²) in [5.41, 5.74) is 0.964. The number of halogens is 1. The van der Waals surface area contributed by atoms with Crippen molar-refractivity contribution in [1.82, 2.24) is 15.5 Å². The Morgan fingerprint density at radius 2 is 1.73 bits per heavy atom. The van der Waals surface area contributed by atoms with Gasteiger partial charge in [0.05, 0.1) is 13.1 Å². The van der Waals surface area contributed by atoms with Gasteiger partial charge in [-0.25, -0.2) is 4.39 Å². The van der Waals surface area contributed by atoms with Crippen LogP contribution in [-0.4, -0.2) is 49.4 Å². The van der Waals surface area contributed by atoms with E-state index < -0.39 is 0 Å². The summed E-state index contributed by atoms with van der Waals surface area (Å²) in [5.74, 6) is -0.507. The van der Waals surface area contributed by atoms with Crippen molar-refractivity contribution in [3.63, 3.8) is 0 Å². The van der Waals surface area contributed by atoms with Gasteiger partial charge in [0.15, 0.2) is 0 Å². The molecule has 0 spiro atoms. The number of carbonyl (C=O) groups excluding carboxylic acids is 2. The van der Waals surface area contributed by atoms with E-state index in [1.807, 2.05) is 13.8 Å². The number of amides is 2. The van der Waals surface area contributed by atoms with Crippen molar-refractivity contribution in [3.05, 3.63) is 35.6 Å². The number of rotatable bonds is 8. The van der Waals surface area contributed by atoms with Crippen LogP contribution >= 0.6 is 0 Å². The highest BCUT2D eigenvalue weighted by Crippen LogP contribution is 2.02. The second-order valence-corrected chi connectivity index (χ2v) is 5.62. The normalized spacial score (nSPS) is 10.8. The Kier molecular flexibility index (Phi) is 7.52. The zero-order valence-electron chi connectivity index (χ0n) is 13.4. The van der Waals surface area contributed by atoms with E-state index in [4.69, 9.17) is 0 Å². The van der Waals surface area contributed by atoms with Gasteiger partial charge in [-0.1, -0.05) is 12.1 Å². The first-order valence-electron chi connectivity index (χ1n) is 7.36. The first-order valence-corrected chi connectivity index (χ1v) is 7.36. The molecule has 0 aliphatic carbocycles. The summed E-state index contributed by atoms with van der Waals surface area (Å²) in [4.78, 5) is 25.0. The van der Waals surface area contributed by atoms with Crippen LogP contribution in [0.3, 0.4) is 0 Å². The van der Waals surface area contributed by atoms with Crippen molar-refractivity contribution < 1.29 is 14.0 Å². The van der Waals surface area contributed by atoms with E-state index in [0.717, 1.165) is 5.56 Å². The number of likely N-dealkylation sites (N-methyl/N-ethyl adjacent to an activating group) is 1. The van der Waals surface area contributed by atoms with E-state index in [2.05, 4.69) is 10.6 Å². The Hall–Kier alpha value is -1.95. The average molecular weight is 309 g/mol. The molecule has 0 atom stereocenters. The molecule has 2 amide bonds. The monoisotopic (exact) mass is 309 g/mol. The minimum absolute atomic E-state index is 0.0884. The molecule has 0 bridgehead atoms. The summed E-state index contributed by atoms with van der Waals surface area (Å²) in [7, 11) is 1.72. The third kappa shape index (κ3) is 7.73. The zero-order chi connectivity index (χ0) is 16.5. The van der Waals surface area contributed by atoms with Gasteiger partial charge in [-0.05, 0) is 45.0 Å². The van der Waals surface area contributed by atoms with Gasteiger partial charge in [-0.2, -0.15) is 0 Å². The summed E-state index contributed by atoms with van der Waals surface area (Å²) in [6, 6.07) is 6.29. The molecule has 0 radical (unpaired) electrons. The summed E-state index contributed by atoms with van der Waals surface area (Å²) >= 11 is 0. The molecule has 0 fully saturated rings. The highest BCUT2D eigenvalue weighted by molar-refractivity contribution is 5.81. The van der Waals surface area contributed by atoms with Gasteiger partial charge < -0.3 is 10.6 Å². The number of carbonyl (C=O) groups is 2. The Morgan fingerprint density at radius 1 is 1.14 bits per heavy atom. The van der Waals surface area contributed by atoms with Gasteiger partial charge in [0.1, 0.15) is 5.82 Å². The molecule has 0 saturated carbocycles. The molecule has 1 aromatic rings. The molecule has 22 heavy (non-hydrogen) atoms. The van der Waals surface area contributed by atoms with E-state index in [-0.39, 0.29) is 36.8 Å². The SMILES string of the molecule is CC(C)NC(=O)CN(C)CC(=O)NCCc1ccc(F)cc1. The molecule has 0 aliphatic heterocycles. The predicted molar refractivity (Wildman–Crippen MR) is 83.9 cm³/mol. The number of hydrogen-bond donors (Lipinski definition) is 2. The summed E-state index contributed by atoms with van der Waals surface area (Å²) in [5, 5.41) is 5.56. The highest BCUT2D eigenvalue weighted by Gasteiger charge is 2.10. The van der Waals surface area contributed by atoms with Crippen molar-refractivity contribution >= 4 is 11.8 Å². The standard InChI is InChI=1S/C16H24FN3O2/c1-12(2)19-16(22)11-20(3)10-15(21)18-9-8-13-4-6-14(17)7-5-13/h4-7,12H,8-11H2,1-3H3,(H,18,21)(H,19,22). The number of benzene rings is 1. The van der Waals surface area contributed by atoms with E-state index in [1.54, 1.807) is 24.1 Å². The second kappa shape index (κ2) is 9.15. The van der Waals surface area contributed by atoms with Gasteiger partial charge >= 0.3 is 0 Å². The van der Waals surface area contributed by atoms with Crippen LogP contribution in [0, 0.1) is 5.82 Å². The fourth-order valence-electron chi connectivity index (χ4n) is 1.97. The van der Waals surface area contributed by atoms with Crippen molar-refractivity contribution in [1.29, 1.82) is 0 Å². The van der Waals surface area contributed by atoms with Crippen LogP contribution in [-0.2, 0) is 16.0 Å². The highest BCUT2D eigenvalue weighted by atomic mass is 19.1. The molecular weight excluding hydrogens is 285 g/mol. The second-order valence-electron chi connectivity index (χ2n) is 5.62. The lowest BCUT2D eigenvalue weighted by Crippen LogP contribution is -2.42. The minimum atomic E-state index is -0.269. The van der Waals surface area contributed by atoms with Crippen LogP contribution in [0.15, 0.2) is 24.3 Å². The molecular formula is C16H24FN3O2. The molecule has 0 unspecified atom stereocenters. The van der Waals surface area contributed by atoms with Crippen molar-refractivity contribution in [3.8, 4) is 0 Å². The zero-order valence-corrected chi connectivity index (χ0v) is 13.4. The van der Waals surface area contributed by atoms with Gasteiger partial charge in [0.25, 0.3) is 0 Å². The van der Waals surface area contributed by atoms with Crippen LogP contribution in [0.5, 0.6) is 0 Å². The van der Waals surface area contributed by atoms with Gasteiger partial charge in [0.2, 0.25) is 11.8 Å². The van der Waals surface area contributed by atoms with Crippen LogP contribution in [0.25, 0.3) is 0 Å². The molecule has 0 aliphatic rings. The third-order valence-corrected chi connectivity index (χ3v) is 2.93. The number of hydrogen-bond acceptors (Lipinski definition) is 3. The maximum absolute atomic E-state index is 12.8.